The van der Waals surface area contributed by atoms with Gasteiger partial charge < -0.3 is 5.32 Å². The standard InChI is InChI=1S/C13H15N3O2/c1-9(2)8-14-13(18)10-7-12(17)16-6-4-3-5-11(16)15-10/h3-7,9H,8H2,1-2H3,(H,14,18). The highest BCUT2D eigenvalue weighted by molar-refractivity contribution is 5.92. The Balaban J connectivity index is 2.35. The van der Waals surface area contributed by atoms with Crippen LogP contribution >= 0.6 is 0 Å². The molecular formula is C13H15N3O2. The number of amides is 1. The fourth-order valence-electron chi connectivity index (χ4n) is 1.56. The van der Waals surface area contributed by atoms with Gasteiger partial charge in [0.25, 0.3) is 11.5 Å². The second-order valence-electron chi connectivity index (χ2n) is 4.51. The van der Waals surface area contributed by atoms with Crippen molar-refractivity contribution in [3.8, 4) is 0 Å². The van der Waals surface area contributed by atoms with E-state index < -0.39 is 0 Å². The maximum atomic E-state index is 11.8. The zero-order chi connectivity index (χ0) is 13.1. The van der Waals surface area contributed by atoms with Crippen LogP contribution in [-0.2, 0) is 0 Å². The summed E-state index contributed by atoms with van der Waals surface area (Å²) >= 11 is 0. The molecule has 0 unspecified atom stereocenters. The normalized spacial score (nSPS) is 10.8. The third kappa shape index (κ3) is 2.56. The molecule has 2 aromatic heterocycles. The van der Waals surface area contributed by atoms with Gasteiger partial charge in [0.05, 0.1) is 0 Å². The van der Waals surface area contributed by atoms with E-state index in [0.717, 1.165) is 0 Å². The molecular weight excluding hydrogens is 230 g/mol. The molecule has 1 N–H and O–H groups in total. The molecule has 5 nitrogen and oxygen atoms in total. The van der Waals surface area contributed by atoms with Crippen molar-refractivity contribution in [1.82, 2.24) is 14.7 Å². The van der Waals surface area contributed by atoms with Gasteiger partial charge in [0.1, 0.15) is 11.3 Å². The number of hydrogen-bond donors (Lipinski definition) is 1. The molecule has 0 atom stereocenters. The second kappa shape index (κ2) is 5.00. The van der Waals surface area contributed by atoms with E-state index in [1.807, 2.05) is 13.8 Å². The summed E-state index contributed by atoms with van der Waals surface area (Å²) in [4.78, 5) is 27.8. The van der Waals surface area contributed by atoms with Crippen LogP contribution < -0.4 is 10.9 Å². The minimum Gasteiger partial charge on any atom is -0.350 e. The van der Waals surface area contributed by atoms with Gasteiger partial charge in [0, 0.05) is 18.8 Å². The van der Waals surface area contributed by atoms with Crippen LogP contribution in [0.5, 0.6) is 0 Å². The van der Waals surface area contributed by atoms with Crippen LogP contribution in [0.1, 0.15) is 24.3 Å². The van der Waals surface area contributed by atoms with Gasteiger partial charge in [0.15, 0.2) is 0 Å². The van der Waals surface area contributed by atoms with Crippen LogP contribution in [0.15, 0.2) is 35.3 Å². The van der Waals surface area contributed by atoms with Crippen LogP contribution in [0.25, 0.3) is 5.65 Å². The molecule has 2 heterocycles. The molecule has 5 heteroatoms. The zero-order valence-electron chi connectivity index (χ0n) is 10.4. The number of fused-ring (bicyclic) bond motifs is 1. The van der Waals surface area contributed by atoms with Gasteiger partial charge in [-0.2, -0.15) is 0 Å². The topological polar surface area (TPSA) is 63.5 Å². The van der Waals surface area contributed by atoms with E-state index >= 15 is 0 Å². The summed E-state index contributed by atoms with van der Waals surface area (Å²) in [5, 5.41) is 2.74. The molecule has 2 rings (SSSR count). The molecule has 0 aliphatic rings. The molecule has 18 heavy (non-hydrogen) atoms. The van der Waals surface area contributed by atoms with Crippen LogP contribution in [0.2, 0.25) is 0 Å². The Morgan fingerprint density at radius 1 is 1.44 bits per heavy atom. The van der Waals surface area contributed by atoms with Crippen LogP contribution in [0.3, 0.4) is 0 Å². The molecule has 0 spiro atoms. The molecule has 0 aromatic carbocycles. The fraction of sp³-hybridized carbons (Fsp3) is 0.308. The van der Waals surface area contributed by atoms with E-state index in [1.54, 1.807) is 24.4 Å². The average Bonchev–Trinajstić information content (AvgIpc) is 2.36. The summed E-state index contributed by atoms with van der Waals surface area (Å²) in [6.07, 6.45) is 1.63. The van der Waals surface area contributed by atoms with E-state index in [2.05, 4.69) is 10.3 Å². The van der Waals surface area contributed by atoms with Gasteiger partial charge in [0.2, 0.25) is 0 Å². The van der Waals surface area contributed by atoms with Crippen molar-refractivity contribution in [3.63, 3.8) is 0 Å². The number of rotatable bonds is 3. The first-order valence-corrected chi connectivity index (χ1v) is 5.84. The van der Waals surface area contributed by atoms with Gasteiger partial charge >= 0.3 is 0 Å². The van der Waals surface area contributed by atoms with E-state index in [9.17, 15) is 9.59 Å². The summed E-state index contributed by atoms with van der Waals surface area (Å²) in [5.74, 6) is 0.0441. The summed E-state index contributed by atoms with van der Waals surface area (Å²) < 4.78 is 1.40. The minimum atomic E-state index is -0.313. The third-order valence-corrected chi connectivity index (χ3v) is 2.47. The maximum absolute atomic E-state index is 11.8. The highest BCUT2D eigenvalue weighted by atomic mass is 16.2. The first-order valence-electron chi connectivity index (χ1n) is 5.84. The predicted molar refractivity (Wildman–Crippen MR) is 68.6 cm³/mol. The molecule has 0 saturated heterocycles. The Bertz CT molecular complexity index is 631. The number of pyridine rings is 1. The first kappa shape index (κ1) is 12.3. The number of nitrogens with one attached hydrogen (secondary N) is 1. The zero-order valence-corrected chi connectivity index (χ0v) is 10.4. The molecule has 2 aromatic rings. The van der Waals surface area contributed by atoms with Gasteiger partial charge in [-0.1, -0.05) is 19.9 Å². The van der Waals surface area contributed by atoms with E-state index in [4.69, 9.17) is 0 Å². The predicted octanol–water partition coefficient (Wildman–Crippen LogP) is 1.08. The largest absolute Gasteiger partial charge is 0.350 e. The number of hydrogen-bond acceptors (Lipinski definition) is 3. The Labute approximate surface area is 104 Å². The highest BCUT2D eigenvalue weighted by Gasteiger charge is 2.10. The number of carbonyl (C=O) groups is 1. The lowest BCUT2D eigenvalue weighted by atomic mass is 10.2. The summed E-state index contributed by atoms with van der Waals surface area (Å²) in [7, 11) is 0. The van der Waals surface area contributed by atoms with E-state index in [-0.39, 0.29) is 17.2 Å². The third-order valence-electron chi connectivity index (χ3n) is 2.47. The molecule has 0 fully saturated rings. The summed E-state index contributed by atoms with van der Waals surface area (Å²) in [6.45, 7) is 4.57. The van der Waals surface area contributed by atoms with Crippen molar-refractivity contribution >= 4 is 11.6 Å². The number of aromatic nitrogens is 2. The van der Waals surface area contributed by atoms with Gasteiger partial charge in [-0.05, 0) is 18.1 Å². The molecule has 0 aliphatic carbocycles. The molecule has 94 valence electrons. The van der Waals surface area contributed by atoms with Crippen LogP contribution in [0, 0.1) is 5.92 Å². The highest BCUT2D eigenvalue weighted by Crippen LogP contribution is 1.99. The lowest BCUT2D eigenvalue weighted by molar-refractivity contribution is 0.0944. The lowest BCUT2D eigenvalue weighted by Gasteiger charge is -2.07. The van der Waals surface area contributed by atoms with Crippen molar-refractivity contribution in [2.45, 2.75) is 13.8 Å². The monoisotopic (exact) mass is 245 g/mol. The quantitative estimate of drug-likeness (QED) is 0.880. The van der Waals surface area contributed by atoms with Crippen molar-refractivity contribution in [2.24, 2.45) is 5.92 Å². The Hall–Kier alpha value is -2.17. The Morgan fingerprint density at radius 2 is 2.22 bits per heavy atom. The van der Waals surface area contributed by atoms with Crippen molar-refractivity contribution in [3.05, 3.63) is 46.5 Å². The van der Waals surface area contributed by atoms with Crippen molar-refractivity contribution < 1.29 is 4.79 Å². The number of carbonyl (C=O) groups excluding carboxylic acids is 1. The van der Waals surface area contributed by atoms with Crippen molar-refractivity contribution in [2.75, 3.05) is 6.54 Å². The SMILES string of the molecule is CC(C)CNC(=O)c1cc(=O)n2ccccc2n1. The van der Waals surface area contributed by atoms with Crippen molar-refractivity contribution in [1.29, 1.82) is 0 Å². The Kier molecular flexibility index (Phi) is 3.41. The molecule has 0 radical (unpaired) electrons. The van der Waals surface area contributed by atoms with Crippen LogP contribution in [0.4, 0.5) is 0 Å². The summed E-state index contributed by atoms with van der Waals surface area (Å²) in [5.41, 5.74) is 0.377. The summed E-state index contributed by atoms with van der Waals surface area (Å²) in [6, 6.07) is 6.47. The minimum absolute atomic E-state index is 0.159. The molecule has 0 bridgehead atoms. The fourth-order valence-corrected chi connectivity index (χ4v) is 1.56. The average molecular weight is 245 g/mol. The van der Waals surface area contributed by atoms with E-state index in [0.29, 0.717) is 18.1 Å². The number of nitrogens with zero attached hydrogens (tertiary/aromatic N) is 2. The van der Waals surface area contributed by atoms with Crippen LogP contribution in [-0.4, -0.2) is 21.8 Å². The van der Waals surface area contributed by atoms with E-state index in [1.165, 1.54) is 10.5 Å². The Morgan fingerprint density at radius 3 is 2.94 bits per heavy atom. The first-order chi connectivity index (χ1) is 8.58. The smallest absolute Gasteiger partial charge is 0.270 e. The van der Waals surface area contributed by atoms with Gasteiger partial charge in [-0.15, -0.1) is 0 Å². The maximum Gasteiger partial charge on any atom is 0.270 e. The molecule has 0 aliphatic heterocycles. The molecule has 1 amide bonds. The molecule has 0 saturated carbocycles. The second-order valence-corrected chi connectivity index (χ2v) is 4.51. The lowest BCUT2D eigenvalue weighted by Crippen LogP contribution is -2.30. The van der Waals surface area contributed by atoms with Gasteiger partial charge in [-0.25, -0.2) is 4.98 Å². The van der Waals surface area contributed by atoms with Gasteiger partial charge in [-0.3, -0.25) is 14.0 Å².